The molecule has 0 aromatic heterocycles. The van der Waals surface area contributed by atoms with Gasteiger partial charge < -0.3 is 5.32 Å². The predicted octanol–water partition coefficient (Wildman–Crippen LogP) is 0.838. The zero-order valence-corrected chi connectivity index (χ0v) is 15.6. The fourth-order valence-electron chi connectivity index (χ4n) is 3.34. The van der Waals surface area contributed by atoms with E-state index >= 15 is 0 Å². The van der Waals surface area contributed by atoms with Gasteiger partial charge in [0.05, 0.1) is 12.6 Å². The van der Waals surface area contributed by atoms with Crippen molar-refractivity contribution in [3.05, 3.63) is 48.0 Å². The van der Waals surface area contributed by atoms with Crippen molar-refractivity contribution in [1.82, 2.24) is 14.5 Å². The molecule has 1 aliphatic heterocycles. The highest BCUT2D eigenvalue weighted by molar-refractivity contribution is 7.86. The molecule has 0 aliphatic carbocycles. The predicted molar refractivity (Wildman–Crippen MR) is 102 cm³/mol. The Labute approximate surface area is 153 Å². The van der Waals surface area contributed by atoms with E-state index in [0.29, 0.717) is 26.2 Å². The Morgan fingerprint density at radius 3 is 2.46 bits per heavy atom. The summed E-state index contributed by atoms with van der Waals surface area (Å²) in [6.07, 6.45) is 0. The van der Waals surface area contributed by atoms with Crippen molar-refractivity contribution < 1.29 is 13.2 Å². The minimum Gasteiger partial charge on any atom is -0.348 e. The summed E-state index contributed by atoms with van der Waals surface area (Å²) >= 11 is 0. The zero-order chi connectivity index (χ0) is 18.7. The van der Waals surface area contributed by atoms with Crippen LogP contribution in [0.25, 0.3) is 10.8 Å². The first-order chi connectivity index (χ1) is 12.3. The Morgan fingerprint density at radius 1 is 1.12 bits per heavy atom. The zero-order valence-electron chi connectivity index (χ0n) is 14.8. The molecule has 0 spiro atoms. The van der Waals surface area contributed by atoms with E-state index in [1.807, 2.05) is 36.1 Å². The van der Waals surface area contributed by atoms with Crippen LogP contribution in [0.3, 0.4) is 0 Å². The summed E-state index contributed by atoms with van der Waals surface area (Å²) in [6, 6.07) is 14.1. The molecule has 2 aromatic rings. The van der Waals surface area contributed by atoms with E-state index in [9.17, 15) is 13.2 Å². The fraction of sp³-hybridized carbons (Fsp3) is 0.389. The van der Waals surface area contributed by atoms with Gasteiger partial charge in [0.1, 0.15) is 0 Å². The van der Waals surface area contributed by atoms with E-state index in [2.05, 4.69) is 23.5 Å². The topological polar surface area (TPSA) is 95.7 Å². The van der Waals surface area contributed by atoms with E-state index in [0.717, 1.165) is 16.3 Å². The van der Waals surface area contributed by atoms with E-state index in [-0.39, 0.29) is 18.5 Å². The lowest BCUT2D eigenvalue weighted by molar-refractivity contribution is -0.123. The summed E-state index contributed by atoms with van der Waals surface area (Å²) in [7, 11) is -3.65. The standard InChI is InChI=1S/C18H24N4O3S/c1-14(16-8-4-6-15-5-2-3-7-17(15)16)20-18(23)13-21-9-11-22(12-10-21)26(19,24)25/h2-8,14H,9-13H2,1H3,(H,20,23)(H2,19,24,25). The Kier molecular flexibility index (Phi) is 5.57. The molecule has 1 aliphatic rings. The molecule has 26 heavy (non-hydrogen) atoms. The van der Waals surface area contributed by atoms with Crippen LogP contribution >= 0.6 is 0 Å². The first-order valence-corrected chi connectivity index (χ1v) is 10.1. The minimum atomic E-state index is -3.65. The fourth-order valence-corrected chi connectivity index (χ4v) is 4.01. The summed E-state index contributed by atoms with van der Waals surface area (Å²) in [6.45, 7) is 3.82. The highest BCUT2D eigenvalue weighted by atomic mass is 32.2. The molecular weight excluding hydrogens is 352 g/mol. The van der Waals surface area contributed by atoms with Crippen molar-refractivity contribution in [3.63, 3.8) is 0 Å². The quantitative estimate of drug-likeness (QED) is 0.808. The number of fused-ring (bicyclic) bond motifs is 1. The molecule has 1 amide bonds. The lowest BCUT2D eigenvalue weighted by Crippen LogP contribution is -2.52. The largest absolute Gasteiger partial charge is 0.348 e. The van der Waals surface area contributed by atoms with Gasteiger partial charge in [0, 0.05) is 26.2 Å². The van der Waals surface area contributed by atoms with Gasteiger partial charge in [-0.2, -0.15) is 12.7 Å². The highest BCUT2D eigenvalue weighted by Crippen LogP contribution is 2.24. The molecule has 0 saturated carbocycles. The molecule has 8 heteroatoms. The molecule has 0 bridgehead atoms. The second-order valence-electron chi connectivity index (χ2n) is 6.58. The molecule has 0 radical (unpaired) electrons. The van der Waals surface area contributed by atoms with Gasteiger partial charge in [-0.25, -0.2) is 5.14 Å². The molecule has 1 fully saturated rings. The molecule has 140 valence electrons. The lowest BCUT2D eigenvalue weighted by Gasteiger charge is -2.32. The number of nitrogens with two attached hydrogens (primary N) is 1. The van der Waals surface area contributed by atoms with Crippen LogP contribution in [0, 0.1) is 0 Å². The van der Waals surface area contributed by atoms with Crippen LogP contribution in [0.2, 0.25) is 0 Å². The van der Waals surface area contributed by atoms with Gasteiger partial charge in [-0.15, -0.1) is 0 Å². The van der Waals surface area contributed by atoms with Gasteiger partial charge in [0.15, 0.2) is 0 Å². The van der Waals surface area contributed by atoms with Crippen molar-refractivity contribution >= 4 is 26.9 Å². The van der Waals surface area contributed by atoms with E-state index in [1.165, 1.54) is 4.31 Å². The number of carbonyl (C=O) groups is 1. The lowest BCUT2D eigenvalue weighted by atomic mass is 10.00. The van der Waals surface area contributed by atoms with Crippen LogP contribution in [-0.2, 0) is 15.0 Å². The molecule has 1 unspecified atom stereocenters. The second-order valence-corrected chi connectivity index (χ2v) is 8.12. The number of hydrogen-bond acceptors (Lipinski definition) is 4. The van der Waals surface area contributed by atoms with Crippen LogP contribution < -0.4 is 10.5 Å². The van der Waals surface area contributed by atoms with E-state index in [1.54, 1.807) is 0 Å². The molecule has 3 N–H and O–H groups in total. The highest BCUT2D eigenvalue weighted by Gasteiger charge is 2.25. The number of hydrogen-bond donors (Lipinski definition) is 2. The maximum absolute atomic E-state index is 12.4. The van der Waals surface area contributed by atoms with Gasteiger partial charge in [-0.05, 0) is 23.3 Å². The molecule has 2 aromatic carbocycles. The Hall–Kier alpha value is -2.00. The van der Waals surface area contributed by atoms with Crippen LogP contribution in [-0.4, -0.2) is 56.3 Å². The van der Waals surface area contributed by atoms with Crippen molar-refractivity contribution in [2.75, 3.05) is 32.7 Å². The second kappa shape index (κ2) is 7.71. The normalized spacial score (nSPS) is 17.9. The van der Waals surface area contributed by atoms with Crippen molar-refractivity contribution in [2.45, 2.75) is 13.0 Å². The number of nitrogens with one attached hydrogen (secondary N) is 1. The number of carbonyl (C=O) groups excluding carboxylic acids is 1. The minimum absolute atomic E-state index is 0.0745. The third-order valence-electron chi connectivity index (χ3n) is 4.73. The Balaban J connectivity index is 1.58. The first kappa shape index (κ1) is 18.8. The van der Waals surface area contributed by atoms with Crippen LogP contribution in [0.1, 0.15) is 18.5 Å². The molecule has 1 atom stereocenters. The summed E-state index contributed by atoms with van der Waals surface area (Å²) in [4.78, 5) is 14.3. The smallest absolute Gasteiger partial charge is 0.276 e. The number of amides is 1. The first-order valence-electron chi connectivity index (χ1n) is 8.62. The molecule has 1 heterocycles. The molecular formula is C18H24N4O3S. The van der Waals surface area contributed by atoms with Gasteiger partial charge in [-0.3, -0.25) is 9.69 Å². The SMILES string of the molecule is CC(NC(=O)CN1CCN(S(N)(=O)=O)CC1)c1cccc2ccccc12. The van der Waals surface area contributed by atoms with Crippen molar-refractivity contribution in [2.24, 2.45) is 5.14 Å². The molecule has 7 nitrogen and oxygen atoms in total. The van der Waals surface area contributed by atoms with Crippen LogP contribution in [0.4, 0.5) is 0 Å². The Bertz CT molecular complexity index is 887. The van der Waals surface area contributed by atoms with Crippen LogP contribution in [0.5, 0.6) is 0 Å². The number of piperazine rings is 1. The Morgan fingerprint density at radius 2 is 1.77 bits per heavy atom. The third-order valence-corrected chi connectivity index (χ3v) is 5.81. The van der Waals surface area contributed by atoms with Gasteiger partial charge in [0.25, 0.3) is 10.2 Å². The van der Waals surface area contributed by atoms with E-state index < -0.39 is 10.2 Å². The summed E-state index contributed by atoms with van der Waals surface area (Å²) in [5.74, 6) is -0.0745. The van der Waals surface area contributed by atoms with Crippen molar-refractivity contribution in [1.29, 1.82) is 0 Å². The summed E-state index contributed by atoms with van der Waals surface area (Å²) in [5, 5.41) is 10.4. The van der Waals surface area contributed by atoms with Gasteiger partial charge in [0.2, 0.25) is 5.91 Å². The number of benzene rings is 2. The van der Waals surface area contributed by atoms with Crippen molar-refractivity contribution in [3.8, 4) is 0 Å². The average Bonchev–Trinajstić information content (AvgIpc) is 2.60. The monoisotopic (exact) mass is 376 g/mol. The summed E-state index contributed by atoms with van der Waals surface area (Å²) in [5.41, 5.74) is 1.08. The maximum atomic E-state index is 12.4. The molecule has 1 saturated heterocycles. The van der Waals surface area contributed by atoms with Gasteiger partial charge >= 0.3 is 0 Å². The molecule has 3 rings (SSSR count). The maximum Gasteiger partial charge on any atom is 0.276 e. The third kappa shape index (κ3) is 4.39. The van der Waals surface area contributed by atoms with E-state index in [4.69, 9.17) is 5.14 Å². The number of nitrogens with zero attached hydrogens (tertiary/aromatic N) is 2. The van der Waals surface area contributed by atoms with Gasteiger partial charge in [-0.1, -0.05) is 42.5 Å². The number of rotatable bonds is 5. The van der Waals surface area contributed by atoms with Crippen LogP contribution in [0.15, 0.2) is 42.5 Å². The average molecular weight is 376 g/mol. The summed E-state index contributed by atoms with van der Waals surface area (Å²) < 4.78 is 23.9.